The zero-order valence-electron chi connectivity index (χ0n) is 9.88. The fourth-order valence-corrected chi connectivity index (χ4v) is 1.48. The van der Waals surface area contributed by atoms with Crippen molar-refractivity contribution in [3.05, 3.63) is 37.1 Å². The highest BCUT2D eigenvalue weighted by atomic mass is 35.5. The van der Waals surface area contributed by atoms with Crippen LogP contribution in [0.5, 0.6) is 0 Å². The van der Waals surface area contributed by atoms with E-state index in [9.17, 15) is 4.79 Å². The topological polar surface area (TPSA) is 59.8 Å². The molecule has 1 atom stereocenters. The summed E-state index contributed by atoms with van der Waals surface area (Å²) in [4.78, 5) is 19.8. The van der Waals surface area contributed by atoms with Crippen molar-refractivity contribution in [3.8, 4) is 5.82 Å². The van der Waals surface area contributed by atoms with Gasteiger partial charge in [-0.2, -0.15) is 0 Å². The summed E-state index contributed by atoms with van der Waals surface area (Å²) in [6.07, 6.45) is 6.75. The van der Waals surface area contributed by atoms with Crippen molar-refractivity contribution in [3.63, 3.8) is 0 Å². The Kier molecular flexibility index (Phi) is 3.94. The lowest BCUT2D eigenvalue weighted by Gasteiger charge is -2.09. The summed E-state index contributed by atoms with van der Waals surface area (Å²) in [7, 11) is 0. The monoisotopic (exact) mass is 264 g/mol. The number of amides is 1. The molecule has 0 aliphatic carbocycles. The molecular formula is C12H13ClN4O. The normalized spacial score (nSPS) is 12.1. The second-order valence-electron chi connectivity index (χ2n) is 3.92. The molecule has 2 rings (SSSR count). The molecule has 1 unspecified atom stereocenters. The van der Waals surface area contributed by atoms with Gasteiger partial charge in [0.05, 0.1) is 11.9 Å². The second kappa shape index (κ2) is 5.64. The van der Waals surface area contributed by atoms with E-state index >= 15 is 0 Å². The van der Waals surface area contributed by atoms with Crippen molar-refractivity contribution in [1.29, 1.82) is 0 Å². The van der Waals surface area contributed by atoms with Gasteiger partial charge in [-0.25, -0.2) is 9.97 Å². The van der Waals surface area contributed by atoms with Crippen molar-refractivity contribution in [2.45, 2.75) is 6.92 Å². The van der Waals surface area contributed by atoms with Crippen LogP contribution in [0.15, 0.2) is 37.1 Å². The minimum Gasteiger partial charge on any atom is -0.324 e. The molecule has 1 N–H and O–H groups in total. The molecule has 0 aromatic carbocycles. The van der Waals surface area contributed by atoms with Gasteiger partial charge >= 0.3 is 0 Å². The van der Waals surface area contributed by atoms with Gasteiger partial charge in [0.25, 0.3) is 0 Å². The smallest absolute Gasteiger partial charge is 0.228 e. The van der Waals surface area contributed by atoms with E-state index in [0.29, 0.717) is 11.6 Å². The van der Waals surface area contributed by atoms with Crippen LogP contribution >= 0.6 is 11.6 Å². The van der Waals surface area contributed by atoms with Gasteiger partial charge in [-0.15, -0.1) is 11.6 Å². The third-order valence-electron chi connectivity index (χ3n) is 2.46. The minimum atomic E-state index is -0.222. The number of halogens is 1. The fraction of sp³-hybridized carbons (Fsp3) is 0.250. The van der Waals surface area contributed by atoms with E-state index in [-0.39, 0.29) is 11.8 Å². The number of carbonyl (C=O) groups is 1. The van der Waals surface area contributed by atoms with Gasteiger partial charge < -0.3 is 5.32 Å². The number of nitrogens with zero attached hydrogens (tertiary/aromatic N) is 3. The number of rotatable bonds is 4. The molecule has 6 heteroatoms. The number of nitrogens with one attached hydrogen (secondary N) is 1. The lowest BCUT2D eigenvalue weighted by Crippen LogP contribution is -2.21. The molecule has 0 radical (unpaired) electrons. The molecule has 0 aliphatic heterocycles. The van der Waals surface area contributed by atoms with Crippen molar-refractivity contribution in [1.82, 2.24) is 14.5 Å². The Morgan fingerprint density at radius 2 is 2.39 bits per heavy atom. The van der Waals surface area contributed by atoms with Crippen LogP contribution in [0.3, 0.4) is 0 Å². The largest absolute Gasteiger partial charge is 0.324 e. The van der Waals surface area contributed by atoms with Crippen molar-refractivity contribution in [2.75, 3.05) is 11.2 Å². The molecular weight excluding hydrogens is 252 g/mol. The number of alkyl halides is 1. The van der Waals surface area contributed by atoms with E-state index in [1.54, 1.807) is 42.5 Å². The first-order chi connectivity index (χ1) is 8.70. The Hall–Kier alpha value is -1.88. The Morgan fingerprint density at radius 3 is 2.94 bits per heavy atom. The molecule has 2 aromatic rings. The summed E-state index contributed by atoms with van der Waals surface area (Å²) in [6, 6.07) is 3.60. The number of imidazole rings is 1. The second-order valence-corrected chi connectivity index (χ2v) is 4.23. The number of aromatic nitrogens is 3. The zero-order valence-corrected chi connectivity index (χ0v) is 10.6. The molecule has 0 aliphatic rings. The summed E-state index contributed by atoms with van der Waals surface area (Å²) in [6.45, 7) is 1.77. The van der Waals surface area contributed by atoms with Crippen LogP contribution in [0.1, 0.15) is 6.92 Å². The molecule has 0 bridgehead atoms. The summed E-state index contributed by atoms with van der Waals surface area (Å²) in [5.74, 6) is 0.713. The Balaban J connectivity index is 2.06. The highest BCUT2D eigenvalue weighted by Crippen LogP contribution is 2.11. The number of pyridine rings is 1. The molecule has 2 heterocycles. The standard InChI is InChI=1S/C12H13ClN4O/c1-9(6-13)12(18)16-10-2-3-11(15-7-10)17-5-4-14-8-17/h2-5,7-9H,6H2,1H3,(H,16,18). The SMILES string of the molecule is CC(CCl)C(=O)Nc1ccc(-n2ccnc2)nc1. The third kappa shape index (κ3) is 2.87. The van der Waals surface area contributed by atoms with Gasteiger partial charge in [0.15, 0.2) is 0 Å². The van der Waals surface area contributed by atoms with Crippen LogP contribution in [0.4, 0.5) is 5.69 Å². The maximum atomic E-state index is 11.6. The van der Waals surface area contributed by atoms with E-state index < -0.39 is 0 Å². The molecule has 0 saturated carbocycles. The molecule has 0 saturated heterocycles. The predicted molar refractivity (Wildman–Crippen MR) is 69.9 cm³/mol. The van der Waals surface area contributed by atoms with Crippen LogP contribution in [0.2, 0.25) is 0 Å². The van der Waals surface area contributed by atoms with E-state index in [2.05, 4.69) is 15.3 Å². The molecule has 0 spiro atoms. The van der Waals surface area contributed by atoms with Gasteiger partial charge in [-0.3, -0.25) is 9.36 Å². The number of hydrogen-bond donors (Lipinski definition) is 1. The predicted octanol–water partition coefficient (Wildman–Crippen LogP) is 2.08. The molecule has 18 heavy (non-hydrogen) atoms. The van der Waals surface area contributed by atoms with Gasteiger partial charge in [-0.05, 0) is 12.1 Å². The van der Waals surface area contributed by atoms with Crippen molar-refractivity contribution in [2.24, 2.45) is 5.92 Å². The van der Waals surface area contributed by atoms with E-state index in [4.69, 9.17) is 11.6 Å². The van der Waals surface area contributed by atoms with Gasteiger partial charge in [0, 0.05) is 24.2 Å². The summed E-state index contributed by atoms with van der Waals surface area (Å²) in [5, 5.41) is 2.75. The molecule has 0 fully saturated rings. The van der Waals surface area contributed by atoms with E-state index in [1.165, 1.54) is 0 Å². The molecule has 5 nitrogen and oxygen atoms in total. The Morgan fingerprint density at radius 1 is 1.56 bits per heavy atom. The minimum absolute atomic E-state index is 0.109. The maximum absolute atomic E-state index is 11.6. The number of hydrogen-bond acceptors (Lipinski definition) is 3. The number of anilines is 1. The average molecular weight is 265 g/mol. The quantitative estimate of drug-likeness (QED) is 0.860. The first kappa shape index (κ1) is 12.6. The highest BCUT2D eigenvalue weighted by molar-refractivity contribution is 6.19. The summed E-state index contributed by atoms with van der Waals surface area (Å²) in [5.41, 5.74) is 0.654. The first-order valence-electron chi connectivity index (χ1n) is 5.52. The fourth-order valence-electron chi connectivity index (χ4n) is 1.34. The Bertz CT molecular complexity index is 509. The lowest BCUT2D eigenvalue weighted by atomic mass is 10.2. The van der Waals surface area contributed by atoms with Gasteiger partial charge in [0.2, 0.25) is 5.91 Å². The summed E-state index contributed by atoms with van der Waals surface area (Å²) < 4.78 is 1.78. The van der Waals surface area contributed by atoms with Gasteiger partial charge in [0.1, 0.15) is 12.1 Å². The zero-order chi connectivity index (χ0) is 13.0. The first-order valence-corrected chi connectivity index (χ1v) is 6.05. The van der Waals surface area contributed by atoms with Gasteiger partial charge in [-0.1, -0.05) is 6.92 Å². The van der Waals surface area contributed by atoms with E-state index in [1.807, 2.05) is 6.07 Å². The number of carbonyl (C=O) groups excluding carboxylic acids is 1. The third-order valence-corrected chi connectivity index (χ3v) is 2.93. The Labute approximate surface area is 110 Å². The molecule has 1 amide bonds. The average Bonchev–Trinajstić information content (AvgIpc) is 2.92. The lowest BCUT2D eigenvalue weighted by molar-refractivity contribution is -0.118. The van der Waals surface area contributed by atoms with Crippen LogP contribution < -0.4 is 5.32 Å². The summed E-state index contributed by atoms with van der Waals surface area (Å²) >= 11 is 5.62. The van der Waals surface area contributed by atoms with Crippen molar-refractivity contribution >= 4 is 23.2 Å². The van der Waals surface area contributed by atoms with Crippen LogP contribution in [-0.4, -0.2) is 26.3 Å². The highest BCUT2D eigenvalue weighted by Gasteiger charge is 2.11. The van der Waals surface area contributed by atoms with Crippen LogP contribution in [-0.2, 0) is 4.79 Å². The molecule has 94 valence electrons. The molecule has 2 aromatic heterocycles. The maximum Gasteiger partial charge on any atom is 0.228 e. The van der Waals surface area contributed by atoms with Crippen molar-refractivity contribution < 1.29 is 4.79 Å². The van der Waals surface area contributed by atoms with E-state index in [0.717, 1.165) is 5.82 Å². The van der Waals surface area contributed by atoms with Crippen LogP contribution in [0.25, 0.3) is 5.82 Å². The van der Waals surface area contributed by atoms with Crippen LogP contribution in [0, 0.1) is 5.92 Å².